The first-order valence-corrected chi connectivity index (χ1v) is 6.63. The molecular formula is C13H18N6. The van der Waals surface area contributed by atoms with Crippen molar-refractivity contribution in [3.05, 3.63) is 30.2 Å². The number of nitrogens with zero attached hydrogens (tertiary/aromatic N) is 6. The van der Waals surface area contributed by atoms with Crippen molar-refractivity contribution < 1.29 is 0 Å². The Morgan fingerprint density at radius 1 is 1.32 bits per heavy atom. The van der Waals surface area contributed by atoms with E-state index in [1.54, 1.807) is 12.7 Å². The fourth-order valence-corrected chi connectivity index (χ4v) is 2.59. The lowest BCUT2D eigenvalue weighted by Gasteiger charge is -2.34. The summed E-state index contributed by atoms with van der Waals surface area (Å²) in [6.07, 6.45) is 7.48. The quantitative estimate of drug-likeness (QED) is 0.817. The van der Waals surface area contributed by atoms with Gasteiger partial charge in [0, 0.05) is 19.3 Å². The Kier molecular flexibility index (Phi) is 3.15. The van der Waals surface area contributed by atoms with E-state index in [0.29, 0.717) is 6.04 Å². The topological polar surface area (TPSA) is 59.7 Å². The van der Waals surface area contributed by atoms with Crippen LogP contribution >= 0.6 is 0 Å². The van der Waals surface area contributed by atoms with Crippen molar-refractivity contribution in [3.8, 4) is 0 Å². The van der Waals surface area contributed by atoms with Crippen LogP contribution in [0.4, 0.5) is 5.82 Å². The highest BCUT2D eigenvalue weighted by atomic mass is 15.4. The van der Waals surface area contributed by atoms with Gasteiger partial charge in [-0.1, -0.05) is 0 Å². The fourth-order valence-electron chi connectivity index (χ4n) is 2.59. The number of hydrogen-bond donors (Lipinski definition) is 0. The van der Waals surface area contributed by atoms with Crippen LogP contribution in [0.5, 0.6) is 0 Å². The van der Waals surface area contributed by atoms with Gasteiger partial charge in [0.15, 0.2) is 0 Å². The van der Waals surface area contributed by atoms with Gasteiger partial charge in [-0.3, -0.25) is 4.98 Å². The van der Waals surface area contributed by atoms with Crippen LogP contribution in [0.2, 0.25) is 0 Å². The van der Waals surface area contributed by atoms with Gasteiger partial charge in [-0.2, -0.15) is 5.10 Å². The van der Waals surface area contributed by atoms with Crippen LogP contribution < -0.4 is 4.90 Å². The van der Waals surface area contributed by atoms with Gasteiger partial charge in [0.25, 0.3) is 0 Å². The molecule has 100 valence electrons. The van der Waals surface area contributed by atoms with Crippen LogP contribution in [0.3, 0.4) is 0 Å². The zero-order valence-corrected chi connectivity index (χ0v) is 11.3. The molecule has 6 heteroatoms. The van der Waals surface area contributed by atoms with Crippen LogP contribution in [0, 0.1) is 13.8 Å². The van der Waals surface area contributed by atoms with E-state index in [1.807, 2.05) is 24.7 Å². The summed E-state index contributed by atoms with van der Waals surface area (Å²) in [5, 5.41) is 4.25. The molecule has 0 amide bonds. The van der Waals surface area contributed by atoms with E-state index in [9.17, 15) is 0 Å². The molecule has 1 fully saturated rings. The Labute approximate surface area is 112 Å². The Bertz CT molecular complexity index is 550. The molecular weight excluding hydrogens is 240 g/mol. The minimum atomic E-state index is 0.373. The summed E-state index contributed by atoms with van der Waals surface area (Å²) in [7, 11) is 0. The maximum absolute atomic E-state index is 4.63. The SMILES string of the molecule is Cc1cnc(C)c(N2CCCC(n3cncn3)C2)n1. The van der Waals surface area contributed by atoms with Crippen molar-refractivity contribution in [1.29, 1.82) is 0 Å². The first-order chi connectivity index (χ1) is 9.24. The minimum absolute atomic E-state index is 0.373. The Hall–Kier alpha value is -1.98. The fraction of sp³-hybridized carbons (Fsp3) is 0.538. The molecule has 0 saturated carbocycles. The van der Waals surface area contributed by atoms with Gasteiger partial charge >= 0.3 is 0 Å². The van der Waals surface area contributed by atoms with Crippen LogP contribution in [-0.4, -0.2) is 37.8 Å². The zero-order chi connectivity index (χ0) is 13.2. The van der Waals surface area contributed by atoms with Gasteiger partial charge in [-0.05, 0) is 26.7 Å². The third-order valence-corrected chi connectivity index (χ3v) is 3.56. The van der Waals surface area contributed by atoms with Gasteiger partial charge in [0.2, 0.25) is 0 Å². The maximum Gasteiger partial charge on any atom is 0.150 e. The average molecular weight is 258 g/mol. The predicted octanol–water partition coefficient (Wildman–Crippen LogP) is 1.53. The highest BCUT2D eigenvalue weighted by Gasteiger charge is 2.24. The molecule has 0 radical (unpaired) electrons. The molecule has 2 aromatic heterocycles. The lowest BCUT2D eigenvalue weighted by atomic mass is 10.1. The van der Waals surface area contributed by atoms with Crippen LogP contribution in [0.15, 0.2) is 18.9 Å². The molecule has 0 bridgehead atoms. The summed E-state index contributed by atoms with van der Waals surface area (Å²) in [5.41, 5.74) is 1.95. The van der Waals surface area contributed by atoms with Crippen LogP contribution in [0.1, 0.15) is 30.3 Å². The van der Waals surface area contributed by atoms with E-state index in [1.165, 1.54) is 0 Å². The average Bonchev–Trinajstić information content (AvgIpc) is 2.96. The molecule has 3 rings (SSSR count). The summed E-state index contributed by atoms with van der Waals surface area (Å²) >= 11 is 0. The molecule has 1 aliphatic rings. The van der Waals surface area contributed by atoms with Crippen molar-refractivity contribution in [3.63, 3.8) is 0 Å². The molecule has 1 unspecified atom stereocenters. The van der Waals surface area contributed by atoms with E-state index in [4.69, 9.17) is 0 Å². The van der Waals surface area contributed by atoms with E-state index in [-0.39, 0.29) is 0 Å². The lowest BCUT2D eigenvalue weighted by molar-refractivity contribution is 0.373. The molecule has 2 aromatic rings. The summed E-state index contributed by atoms with van der Waals surface area (Å²) in [6, 6.07) is 0.373. The number of rotatable bonds is 2. The first-order valence-electron chi connectivity index (χ1n) is 6.63. The monoisotopic (exact) mass is 258 g/mol. The Morgan fingerprint density at radius 3 is 3.00 bits per heavy atom. The van der Waals surface area contributed by atoms with Crippen molar-refractivity contribution in [2.45, 2.75) is 32.7 Å². The van der Waals surface area contributed by atoms with Crippen molar-refractivity contribution >= 4 is 5.82 Å². The standard InChI is InChI=1S/C13H18N6/c1-10-6-15-11(2)13(17-10)18-5-3-4-12(7-18)19-9-14-8-16-19/h6,8-9,12H,3-5,7H2,1-2H3. The minimum Gasteiger partial charge on any atom is -0.353 e. The van der Waals surface area contributed by atoms with E-state index < -0.39 is 0 Å². The molecule has 1 saturated heterocycles. The van der Waals surface area contributed by atoms with Crippen molar-refractivity contribution in [2.75, 3.05) is 18.0 Å². The zero-order valence-electron chi connectivity index (χ0n) is 11.3. The molecule has 0 spiro atoms. The Morgan fingerprint density at radius 2 is 2.21 bits per heavy atom. The molecule has 1 aliphatic heterocycles. The third-order valence-electron chi connectivity index (χ3n) is 3.56. The first kappa shape index (κ1) is 12.1. The van der Waals surface area contributed by atoms with Crippen molar-refractivity contribution in [1.82, 2.24) is 24.7 Å². The summed E-state index contributed by atoms with van der Waals surface area (Å²) in [6.45, 7) is 5.95. The van der Waals surface area contributed by atoms with Gasteiger partial charge in [0.05, 0.1) is 17.4 Å². The summed E-state index contributed by atoms with van der Waals surface area (Å²) < 4.78 is 1.95. The molecule has 3 heterocycles. The van der Waals surface area contributed by atoms with Gasteiger partial charge in [-0.25, -0.2) is 14.6 Å². The molecule has 19 heavy (non-hydrogen) atoms. The van der Waals surface area contributed by atoms with Crippen LogP contribution in [0.25, 0.3) is 0 Å². The number of anilines is 1. The smallest absolute Gasteiger partial charge is 0.150 e. The van der Waals surface area contributed by atoms with E-state index in [0.717, 1.165) is 43.1 Å². The van der Waals surface area contributed by atoms with Crippen molar-refractivity contribution in [2.24, 2.45) is 0 Å². The predicted molar refractivity (Wildman–Crippen MR) is 72.0 cm³/mol. The number of hydrogen-bond acceptors (Lipinski definition) is 5. The number of piperidine rings is 1. The second kappa shape index (κ2) is 4.95. The molecule has 0 aliphatic carbocycles. The second-order valence-electron chi connectivity index (χ2n) is 5.04. The number of aryl methyl sites for hydroxylation is 2. The molecule has 0 aromatic carbocycles. The number of aromatic nitrogens is 5. The maximum atomic E-state index is 4.63. The van der Waals surface area contributed by atoms with E-state index >= 15 is 0 Å². The Balaban J connectivity index is 1.83. The highest BCUT2D eigenvalue weighted by Crippen LogP contribution is 2.25. The normalized spacial score (nSPS) is 19.7. The summed E-state index contributed by atoms with van der Waals surface area (Å²) in [5.74, 6) is 1.00. The van der Waals surface area contributed by atoms with Crippen LogP contribution in [-0.2, 0) is 0 Å². The second-order valence-corrected chi connectivity index (χ2v) is 5.04. The van der Waals surface area contributed by atoms with Gasteiger partial charge < -0.3 is 4.90 Å². The largest absolute Gasteiger partial charge is 0.353 e. The molecule has 6 nitrogen and oxygen atoms in total. The van der Waals surface area contributed by atoms with Gasteiger partial charge in [-0.15, -0.1) is 0 Å². The molecule has 1 atom stereocenters. The highest BCUT2D eigenvalue weighted by molar-refractivity contribution is 5.43. The van der Waals surface area contributed by atoms with Gasteiger partial charge in [0.1, 0.15) is 18.5 Å². The summed E-state index contributed by atoms with van der Waals surface area (Å²) in [4.78, 5) is 15.4. The van der Waals surface area contributed by atoms with E-state index in [2.05, 4.69) is 25.0 Å². The lowest BCUT2D eigenvalue weighted by Crippen LogP contribution is -2.38. The third kappa shape index (κ3) is 2.43. The molecule has 0 N–H and O–H groups in total.